The molecule has 1 aromatic rings. The molecule has 1 fully saturated rings. The van der Waals surface area contributed by atoms with Gasteiger partial charge in [0.25, 0.3) is 0 Å². The Hall–Kier alpha value is -1.56. The highest BCUT2D eigenvalue weighted by atomic mass is 16.6. The van der Waals surface area contributed by atoms with Gasteiger partial charge in [0.2, 0.25) is 0 Å². The molecule has 82 valence electrons. The highest BCUT2D eigenvalue weighted by molar-refractivity contribution is 5.65. The van der Waals surface area contributed by atoms with Gasteiger partial charge in [0.15, 0.2) is 0 Å². The van der Waals surface area contributed by atoms with Crippen molar-refractivity contribution < 1.29 is 9.53 Å². The third-order valence-electron chi connectivity index (χ3n) is 2.58. The van der Waals surface area contributed by atoms with Crippen LogP contribution < -0.4 is 11.1 Å². The molecule has 6 heteroatoms. The van der Waals surface area contributed by atoms with Gasteiger partial charge >= 0.3 is 6.09 Å². The predicted molar refractivity (Wildman–Crippen MR) is 53.3 cm³/mol. The summed E-state index contributed by atoms with van der Waals surface area (Å²) in [6.07, 6.45) is 2.80. The van der Waals surface area contributed by atoms with Crippen LogP contribution in [0.1, 0.15) is 11.5 Å². The van der Waals surface area contributed by atoms with Crippen molar-refractivity contribution in [2.24, 2.45) is 12.8 Å². The first-order valence-electron chi connectivity index (χ1n) is 4.82. The number of aryl methyl sites for hydroxylation is 1. The zero-order valence-corrected chi connectivity index (χ0v) is 8.51. The number of amides is 1. The SMILES string of the molecule is Cn1cc([C@@H]2CNC[C@H]2OC(N)=O)cn1. The molecule has 1 aliphatic heterocycles. The number of hydrogen-bond acceptors (Lipinski definition) is 4. The number of rotatable bonds is 2. The van der Waals surface area contributed by atoms with E-state index in [-0.39, 0.29) is 12.0 Å². The molecule has 0 radical (unpaired) electrons. The van der Waals surface area contributed by atoms with Crippen molar-refractivity contribution in [2.45, 2.75) is 12.0 Å². The van der Waals surface area contributed by atoms with Crippen LogP contribution in [0, 0.1) is 0 Å². The minimum atomic E-state index is -0.724. The van der Waals surface area contributed by atoms with Crippen LogP contribution in [0.15, 0.2) is 12.4 Å². The van der Waals surface area contributed by atoms with Crippen molar-refractivity contribution in [3.63, 3.8) is 0 Å². The monoisotopic (exact) mass is 210 g/mol. The Morgan fingerprint density at radius 2 is 2.53 bits per heavy atom. The summed E-state index contributed by atoms with van der Waals surface area (Å²) in [5.74, 6) is 0.145. The molecule has 1 aliphatic rings. The van der Waals surface area contributed by atoms with Crippen LogP contribution in [0.4, 0.5) is 4.79 Å². The maximum Gasteiger partial charge on any atom is 0.404 e. The first kappa shape index (κ1) is 9.97. The number of aromatic nitrogens is 2. The molecule has 6 nitrogen and oxygen atoms in total. The Balaban J connectivity index is 2.10. The first-order valence-corrected chi connectivity index (χ1v) is 4.82. The van der Waals surface area contributed by atoms with Crippen LogP contribution in [0.5, 0.6) is 0 Å². The van der Waals surface area contributed by atoms with E-state index in [1.807, 2.05) is 13.2 Å². The molecule has 0 saturated carbocycles. The van der Waals surface area contributed by atoms with Crippen molar-refractivity contribution in [2.75, 3.05) is 13.1 Å². The number of nitrogens with one attached hydrogen (secondary N) is 1. The molecule has 1 aromatic heterocycles. The number of carbonyl (C=O) groups excluding carboxylic acids is 1. The molecule has 0 spiro atoms. The number of primary amides is 1. The van der Waals surface area contributed by atoms with E-state index in [0.717, 1.165) is 12.1 Å². The Morgan fingerprint density at radius 1 is 1.73 bits per heavy atom. The van der Waals surface area contributed by atoms with E-state index >= 15 is 0 Å². The van der Waals surface area contributed by atoms with E-state index in [1.165, 1.54) is 0 Å². The fourth-order valence-electron chi connectivity index (χ4n) is 1.89. The second kappa shape index (κ2) is 3.90. The standard InChI is InChI=1S/C9H14N4O2/c1-13-5-6(2-12-13)7-3-11-4-8(7)15-9(10)14/h2,5,7-8,11H,3-4H2,1H3,(H2,10,14)/t7-,8+/m0/s1. The predicted octanol–water partition coefficient (Wildman–Crippen LogP) is -0.429. The third kappa shape index (κ3) is 2.10. The lowest BCUT2D eigenvalue weighted by Crippen LogP contribution is -2.28. The summed E-state index contributed by atoms with van der Waals surface area (Å²) in [4.78, 5) is 10.7. The van der Waals surface area contributed by atoms with E-state index in [2.05, 4.69) is 10.4 Å². The maximum absolute atomic E-state index is 10.7. The summed E-state index contributed by atoms with van der Waals surface area (Å²) in [7, 11) is 1.86. The molecule has 0 unspecified atom stereocenters. The molecule has 1 saturated heterocycles. The molecular weight excluding hydrogens is 196 g/mol. The lowest BCUT2D eigenvalue weighted by atomic mass is 10.00. The molecule has 0 aromatic carbocycles. The molecule has 3 N–H and O–H groups in total. The van der Waals surface area contributed by atoms with Crippen molar-refractivity contribution in [1.82, 2.24) is 15.1 Å². The van der Waals surface area contributed by atoms with E-state index < -0.39 is 6.09 Å². The van der Waals surface area contributed by atoms with Crippen LogP contribution in [0.3, 0.4) is 0 Å². The third-order valence-corrected chi connectivity index (χ3v) is 2.58. The molecule has 2 heterocycles. The van der Waals surface area contributed by atoms with E-state index in [9.17, 15) is 4.79 Å². The topological polar surface area (TPSA) is 82.2 Å². The van der Waals surface area contributed by atoms with Gasteiger partial charge in [-0.25, -0.2) is 4.79 Å². The smallest absolute Gasteiger partial charge is 0.404 e. The first-order chi connectivity index (χ1) is 7.16. The largest absolute Gasteiger partial charge is 0.444 e. The number of carbonyl (C=O) groups is 1. The summed E-state index contributed by atoms with van der Waals surface area (Å²) >= 11 is 0. The zero-order valence-electron chi connectivity index (χ0n) is 8.51. The normalized spacial score (nSPS) is 25.4. The fraction of sp³-hybridized carbons (Fsp3) is 0.556. The summed E-state index contributed by atoms with van der Waals surface area (Å²) in [5.41, 5.74) is 6.07. The molecule has 0 aliphatic carbocycles. The summed E-state index contributed by atoms with van der Waals surface area (Å²) in [6, 6.07) is 0. The molecule has 2 atom stereocenters. The van der Waals surface area contributed by atoms with Crippen molar-refractivity contribution >= 4 is 6.09 Å². The van der Waals surface area contributed by atoms with Gasteiger partial charge in [-0.3, -0.25) is 4.68 Å². The molecule has 2 rings (SSSR count). The number of hydrogen-bond donors (Lipinski definition) is 2. The van der Waals surface area contributed by atoms with Crippen LogP contribution in [-0.2, 0) is 11.8 Å². The van der Waals surface area contributed by atoms with Crippen molar-refractivity contribution in [3.05, 3.63) is 18.0 Å². The highest BCUT2D eigenvalue weighted by Crippen LogP contribution is 2.24. The summed E-state index contributed by atoms with van der Waals surface area (Å²) < 4.78 is 6.76. The van der Waals surface area contributed by atoms with Crippen LogP contribution in [0.25, 0.3) is 0 Å². The van der Waals surface area contributed by atoms with E-state index in [0.29, 0.717) is 6.54 Å². The van der Waals surface area contributed by atoms with Gasteiger partial charge < -0.3 is 15.8 Å². The molecule has 0 bridgehead atoms. The van der Waals surface area contributed by atoms with Crippen LogP contribution in [-0.4, -0.2) is 35.1 Å². The summed E-state index contributed by atoms with van der Waals surface area (Å²) in [5, 5.41) is 7.26. The van der Waals surface area contributed by atoms with Crippen molar-refractivity contribution in [1.29, 1.82) is 0 Å². The number of nitrogens with two attached hydrogens (primary N) is 1. The zero-order chi connectivity index (χ0) is 10.8. The quantitative estimate of drug-likeness (QED) is 0.694. The molecule has 15 heavy (non-hydrogen) atoms. The summed E-state index contributed by atoms with van der Waals surface area (Å²) in [6.45, 7) is 1.42. The Bertz CT molecular complexity index is 363. The number of ether oxygens (including phenoxy) is 1. The second-order valence-corrected chi connectivity index (χ2v) is 3.69. The number of nitrogens with zero attached hydrogens (tertiary/aromatic N) is 2. The van der Waals surface area contributed by atoms with Crippen LogP contribution in [0.2, 0.25) is 0 Å². The van der Waals surface area contributed by atoms with Gasteiger partial charge in [-0.2, -0.15) is 5.10 Å². The van der Waals surface area contributed by atoms with Gasteiger partial charge in [-0.1, -0.05) is 0 Å². The highest BCUT2D eigenvalue weighted by Gasteiger charge is 2.31. The maximum atomic E-state index is 10.7. The molecular formula is C9H14N4O2. The average molecular weight is 210 g/mol. The lowest BCUT2D eigenvalue weighted by Gasteiger charge is -2.16. The lowest BCUT2D eigenvalue weighted by molar-refractivity contribution is 0.108. The second-order valence-electron chi connectivity index (χ2n) is 3.69. The minimum Gasteiger partial charge on any atom is -0.444 e. The average Bonchev–Trinajstić information content (AvgIpc) is 2.72. The van der Waals surface area contributed by atoms with Gasteiger partial charge in [0.1, 0.15) is 6.10 Å². The van der Waals surface area contributed by atoms with Crippen molar-refractivity contribution in [3.8, 4) is 0 Å². The van der Waals surface area contributed by atoms with Gasteiger partial charge in [-0.05, 0) is 5.56 Å². The van der Waals surface area contributed by atoms with E-state index in [4.69, 9.17) is 10.5 Å². The molecule has 1 amide bonds. The van der Waals surface area contributed by atoms with Gasteiger partial charge in [-0.15, -0.1) is 0 Å². The Kier molecular flexibility index (Phi) is 2.59. The Morgan fingerprint density at radius 3 is 3.13 bits per heavy atom. The minimum absolute atomic E-state index is 0.145. The van der Waals surface area contributed by atoms with Crippen LogP contribution >= 0.6 is 0 Å². The van der Waals surface area contributed by atoms with Gasteiger partial charge in [0.05, 0.1) is 6.20 Å². The van der Waals surface area contributed by atoms with E-state index in [1.54, 1.807) is 10.9 Å². The fourth-order valence-corrected chi connectivity index (χ4v) is 1.89. The van der Waals surface area contributed by atoms with Gasteiger partial charge in [0, 0.05) is 32.3 Å². The Labute approximate surface area is 87.4 Å².